The molecule has 3 fully saturated rings. The van der Waals surface area contributed by atoms with Crippen molar-refractivity contribution in [3.63, 3.8) is 0 Å². The van der Waals surface area contributed by atoms with Gasteiger partial charge in [-0.2, -0.15) is 0 Å². The summed E-state index contributed by atoms with van der Waals surface area (Å²) in [4.78, 5) is 0.768. The summed E-state index contributed by atoms with van der Waals surface area (Å²) in [6.45, 7) is 7.55. The maximum atomic E-state index is 4.02. The van der Waals surface area contributed by atoms with Gasteiger partial charge < -0.3 is 0 Å². The molecule has 6 atom stereocenters. The van der Waals surface area contributed by atoms with Gasteiger partial charge in [-0.25, -0.2) is 0 Å². The predicted octanol–water partition coefficient (Wildman–Crippen LogP) is 6.04. The van der Waals surface area contributed by atoms with Crippen molar-refractivity contribution < 1.29 is 0 Å². The lowest BCUT2D eigenvalue weighted by atomic mass is 9.64. The van der Waals surface area contributed by atoms with Crippen LogP contribution in [-0.2, 0) is 0 Å². The number of hydrogen-bond acceptors (Lipinski definition) is 0. The molecule has 0 nitrogen and oxygen atoms in total. The Kier molecular flexibility index (Phi) is 4.06. The molecule has 2 bridgehead atoms. The number of rotatable bonds is 3. The normalized spacial score (nSPS) is 46.7. The zero-order chi connectivity index (χ0) is 13.6. The van der Waals surface area contributed by atoms with Gasteiger partial charge in [-0.3, -0.25) is 0 Å². The first-order chi connectivity index (χ1) is 8.95. The Morgan fingerprint density at radius 2 is 1.79 bits per heavy atom. The highest BCUT2D eigenvalue weighted by Gasteiger charge is 2.45. The van der Waals surface area contributed by atoms with E-state index in [9.17, 15) is 0 Å². The molecule has 6 unspecified atom stereocenters. The zero-order valence-corrected chi connectivity index (χ0v) is 14.6. The molecule has 0 aromatic rings. The average molecular weight is 327 g/mol. The van der Waals surface area contributed by atoms with Crippen LogP contribution in [0.4, 0.5) is 0 Å². The summed E-state index contributed by atoms with van der Waals surface area (Å²) in [6, 6.07) is 0. The van der Waals surface area contributed by atoms with Gasteiger partial charge in [0, 0.05) is 4.83 Å². The fourth-order valence-corrected chi connectivity index (χ4v) is 7.26. The van der Waals surface area contributed by atoms with Crippen LogP contribution in [0.25, 0.3) is 0 Å². The molecule has 0 amide bonds. The third-order valence-corrected chi connectivity index (χ3v) is 7.72. The fourth-order valence-electron chi connectivity index (χ4n) is 5.65. The Balaban J connectivity index is 1.62. The van der Waals surface area contributed by atoms with E-state index in [4.69, 9.17) is 0 Å². The average Bonchev–Trinajstić information content (AvgIpc) is 2.89. The van der Waals surface area contributed by atoms with E-state index in [-0.39, 0.29) is 0 Å². The molecule has 0 spiro atoms. The van der Waals surface area contributed by atoms with Crippen LogP contribution < -0.4 is 0 Å². The summed E-state index contributed by atoms with van der Waals surface area (Å²) in [7, 11) is 0. The molecule has 0 heterocycles. The molecular formula is C18H31Br. The lowest BCUT2D eigenvalue weighted by molar-refractivity contribution is 0.0992. The number of hydrogen-bond donors (Lipinski definition) is 0. The van der Waals surface area contributed by atoms with Crippen LogP contribution in [0.2, 0.25) is 0 Å². The van der Waals surface area contributed by atoms with Gasteiger partial charge in [0.1, 0.15) is 0 Å². The van der Waals surface area contributed by atoms with Gasteiger partial charge in [0.05, 0.1) is 0 Å². The van der Waals surface area contributed by atoms with Crippen LogP contribution >= 0.6 is 15.9 Å². The standard InChI is InChI=1S/C18H31Br/c1-12-4-7-16(17(19)8-12)18(2,3)11-15-10-13-5-6-14(15)9-13/h12-17H,4-11H2,1-3H3. The van der Waals surface area contributed by atoms with Crippen molar-refractivity contribution in [3.8, 4) is 0 Å². The van der Waals surface area contributed by atoms with E-state index in [1.807, 2.05) is 0 Å². The van der Waals surface area contributed by atoms with Crippen LogP contribution in [0.15, 0.2) is 0 Å². The van der Waals surface area contributed by atoms with E-state index in [2.05, 4.69) is 36.7 Å². The predicted molar refractivity (Wildman–Crippen MR) is 86.6 cm³/mol. The van der Waals surface area contributed by atoms with Crippen molar-refractivity contribution in [2.75, 3.05) is 0 Å². The lowest BCUT2D eigenvalue weighted by Gasteiger charge is -2.44. The first-order valence-corrected chi connectivity index (χ1v) is 9.51. The molecule has 1 heteroatoms. The minimum absolute atomic E-state index is 0.545. The SMILES string of the molecule is CC1CCC(C(C)(C)CC2CC3CCC2C3)C(Br)C1. The maximum absolute atomic E-state index is 4.02. The molecule has 0 aliphatic heterocycles. The van der Waals surface area contributed by atoms with Crippen LogP contribution in [0.1, 0.15) is 72.1 Å². The number of halogens is 1. The third-order valence-electron chi connectivity index (χ3n) is 6.71. The molecule has 0 saturated heterocycles. The Bertz CT molecular complexity index is 322. The van der Waals surface area contributed by atoms with E-state index >= 15 is 0 Å². The highest BCUT2D eigenvalue weighted by molar-refractivity contribution is 9.09. The molecule has 3 aliphatic rings. The van der Waals surface area contributed by atoms with Crippen LogP contribution in [0.5, 0.6) is 0 Å². The fraction of sp³-hybridized carbons (Fsp3) is 1.00. The van der Waals surface area contributed by atoms with E-state index in [1.54, 1.807) is 25.7 Å². The topological polar surface area (TPSA) is 0 Å². The second-order valence-electron chi connectivity index (χ2n) is 8.67. The summed E-state index contributed by atoms with van der Waals surface area (Å²) in [5.74, 6) is 5.10. The highest BCUT2D eigenvalue weighted by Crippen LogP contribution is 2.54. The summed E-state index contributed by atoms with van der Waals surface area (Å²) in [6.07, 6.45) is 12.0. The van der Waals surface area contributed by atoms with E-state index in [1.165, 1.54) is 25.7 Å². The quantitative estimate of drug-likeness (QED) is 0.554. The monoisotopic (exact) mass is 326 g/mol. The largest absolute Gasteiger partial charge is 0.0887 e. The Hall–Kier alpha value is 0.480. The van der Waals surface area contributed by atoms with Crippen LogP contribution in [0.3, 0.4) is 0 Å². The van der Waals surface area contributed by atoms with Crippen LogP contribution in [0, 0.1) is 35.0 Å². The molecule has 0 aromatic heterocycles. The summed E-state index contributed by atoms with van der Waals surface area (Å²) >= 11 is 4.02. The van der Waals surface area contributed by atoms with Crippen LogP contribution in [-0.4, -0.2) is 4.83 Å². The molecular weight excluding hydrogens is 296 g/mol. The Labute approximate surface area is 128 Å². The molecule has 0 N–H and O–H groups in total. The highest BCUT2D eigenvalue weighted by atomic mass is 79.9. The first kappa shape index (κ1) is 14.4. The first-order valence-electron chi connectivity index (χ1n) is 8.60. The smallest absolute Gasteiger partial charge is 0.0181 e. The van der Waals surface area contributed by atoms with Gasteiger partial charge in [0.25, 0.3) is 0 Å². The number of alkyl halides is 1. The summed E-state index contributed by atoms with van der Waals surface area (Å²) < 4.78 is 0. The van der Waals surface area contributed by atoms with Gasteiger partial charge in [-0.05, 0) is 73.5 Å². The van der Waals surface area contributed by atoms with Gasteiger partial charge in [-0.1, -0.05) is 49.5 Å². The Morgan fingerprint density at radius 3 is 2.37 bits per heavy atom. The van der Waals surface area contributed by atoms with E-state index in [0.29, 0.717) is 5.41 Å². The van der Waals surface area contributed by atoms with E-state index in [0.717, 1.165) is 34.4 Å². The van der Waals surface area contributed by atoms with E-state index < -0.39 is 0 Å². The van der Waals surface area contributed by atoms with Crippen molar-refractivity contribution in [1.29, 1.82) is 0 Å². The molecule has 0 aromatic carbocycles. The van der Waals surface area contributed by atoms with Gasteiger partial charge in [0.2, 0.25) is 0 Å². The molecule has 19 heavy (non-hydrogen) atoms. The van der Waals surface area contributed by atoms with Crippen molar-refractivity contribution in [2.24, 2.45) is 35.0 Å². The second-order valence-corrected chi connectivity index (χ2v) is 9.84. The maximum Gasteiger partial charge on any atom is 0.0181 e. The van der Waals surface area contributed by atoms with Crippen molar-refractivity contribution >= 4 is 15.9 Å². The van der Waals surface area contributed by atoms with Crippen molar-refractivity contribution in [1.82, 2.24) is 0 Å². The van der Waals surface area contributed by atoms with Gasteiger partial charge >= 0.3 is 0 Å². The third kappa shape index (κ3) is 2.92. The molecule has 3 saturated carbocycles. The molecule has 3 rings (SSSR count). The molecule has 3 aliphatic carbocycles. The minimum atomic E-state index is 0.545. The molecule has 0 radical (unpaired) electrons. The zero-order valence-electron chi connectivity index (χ0n) is 13.0. The lowest BCUT2D eigenvalue weighted by Crippen LogP contribution is -2.37. The number of fused-ring (bicyclic) bond motifs is 2. The summed E-state index contributed by atoms with van der Waals surface area (Å²) in [5, 5.41) is 0. The van der Waals surface area contributed by atoms with Crippen molar-refractivity contribution in [3.05, 3.63) is 0 Å². The minimum Gasteiger partial charge on any atom is -0.0887 e. The van der Waals surface area contributed by atoms with Gasteiger partial charge in [0.15, 0.2) is 0 Å². The Morgan fingerprint density at radius 1 is 1.00 bits per heavy atom. The van der Waals surface area contributed by atoms with Gasteiger partial charge in [-0.15, -0.1) is 0 Å². The second kappa shape index (κ2) is 5.35. The molecule has 110 valence electrons. The van der Waals surface area contributed by atoms with Crippen molar-refractivity contribution in [2.45, 2.75) is 77.0 Å². The summed E-state index contributed by atoms with van der Waals surface area (Å²) in [5.41, 5.74) is 0.545.